The summed E-state index contributed by atoms with van der Waals surface area (Å²) in [4.78, 5) is 17.1. The summed E-state index contributed by atoms with van der Waals surface area (Å²) in [7, 11) is -4.45. The van der Waals surface area contributed by atoms with Crippen LogP contribution in [-0.2, 0) is 29.0 Å². The van der Waals surface area contributed by atoms with Crippen LogP contribution >= 0.6 is 7.75 Å². The molecular weight excluding hydrogens is 639 g/mol. The molecule has 5 N–H and O–H groups in total. The number of hydrogen-bond donors (Lipinski definition) is 4. The number of benzene rings is 1. The van der Waals surface area contributed by atoms with E-state index in [0.717, 1.165) is 25.7 Å². The predicted molar refractivity (Wildman–Crippen MR) is 175 cm³/mol. The summed E-state index contributed by atoms with van der Waals surface area (Å²) in [6.45, 7) is 10.3. The van der Waals surface area contributed by atoms with Crippen molar-refractivity contribution in [3.8, 4) is 11.8 Å². The van der Waals surface area contributed by atoms with Crippen LogP contribution in [0.5, 0.6) is 5.75 Å². The number of nitrogens with one attached hydrogen (secondary N) is 1. The molecule has 1 saturated carbocycles. The van der Waals surface area contributed by atoms with Gasteiger partial charge >= 0.3 is 13.7 Å². The Bertz CT molecular complexity index is 1700. The van der Waals surface area contributed by atoms with Gasteiger partial charge < -0.3 is 29.9 Å². The van der Waals surface area contributed by atoms with Gasteiger partial charge in [-0.2, -0.15) is 15.4 Å². The molecular formula is C33H43N6O8P. The Morgan fingerprint density at radius 2 is 2.02 bits per heavy atom. The van der Waals surface area contributed by atoms with Gasteiger partial charge in [-0.3, -0.25) is 4.52 Å². The summed E-state index contributed by atoms with van der Waals surface area (Å²) >= 11 is 0. The average molecular weight is 683 g/mol. The number of aromatic nitrogens is 3. The highest BCUT2D eigenvalue weighted by Gasteiger charge is 2.76. The molecule has 0 bridgehead atoms. The van der Waals surface area contributed by atoms with Crippen molar-refractivity contribution in [2.24, 2.45) is 11.8 Å². The number of nitrogens with zero attached hydrogens (tertiary/aromatic N) is 4. The minimum Gasteiger partial charge on any atom is -0.464 e. The third kappa shape index (κ3) is 6.98. The SMILES string of the molecule is C=C[C@H](N[P@@](=O)(Oc1ccccc1)OC1CC12O[C@@](C#N)(c1ccc3c(N)ncnn13)[C@H](O)[C@@H]2O)C(=O)OCC(CC)CCCC(C)C. The smallest absolute Gasteiger partial charge is 0.460 e. The highest BCUT2D eigenvalue weighted by atomic mass is 31.2. The number of esters is 1. The van der Waals surface area contributed by atoms with Gasteiger partial charge in [-0.1, -0.05) is 64.3 Å². The van der Waals surface area contributed by atoms with Crippen LogP contribution in [-0.4, -0.2) is 67.3 Å². The second kappa shape index (κ2) is 14.3. The van der Waals surface area contributed by atoms with Crippen molar-refractivity contribution in [1.82, 2.24) is 19.7 Å². The van der Waals surface area contributed by atoms with Crippen LogP contribution in [0.4, 0.5) is 5.82 Å². The maximum Gasteiger partial charge on any atom is 0.460 e. The first kappa shape index (κ1) is 35.5. The third-order valence-electron chi connectivity index (χ3n) is 8.94. The minimum atomic E-state index is -4.45. The first-order valence-corrected chi connectivity index (χ1v) is 17.6. The Labute approximate surface area is 279 Å². The number of carbonyl (C=O) groups is 1. The molecule has 1 aliphatic heterocycles. The summed E-state index contributed by atoms with van der Waals surface area (Å²) in [6.07, 6.45) is 1.69. The van der Waals surface area contributed by atoms with Crippen molar-refractivity contribution in [1.29, 1.82) is 5.26 Å². The van der Waals surface area contributed by atoms with Crippen LogP contribution in [0.1, 0.15) is 58.6 Å². The van der Waals surface area contributed by atoms with Crippen LogP contribution in [0, 0.1) is 23.2 Å². The molecule has 48 heavy (non-hydrogen) atoms. The third-order valence-corrected chi connectivity index (χ3v) is 10.5. The van der Waals surface area contributed by atoms with Crippen molar-refractivity contribution < 1.29 is 38.1 Å². The topological polar surface area (TPSA) is 204 Å². The van der Waals surface area contributed by atoms with Gasteiger partial charge in [0.15, 0.2) is 5.82 Å². The fraction of sp³-hybridized carbons (Fsp3) is 0.515. The van der Waals surface area contributed by atoms with Gasteiger partial charge in [0, 0.05) is 6.42 Å². The van der Waals surface area contributed by atoms with Crippen molar-refractivity contribution in [3.05, 3.63) is 67.1 Å². The number of hydrogen-bond acceptors (Lipinski definition) is 12. The fourth-order valence-electron chi connectivity index (χ4n) is 6.02. The fourth-order valence-corrected chi connectivity index (χ4v) is 7.71. The van der Waals surface area contributed by atoms with Crippen LogP contribution in [0.25, 0.3) is 5.52 Å². The summed E-state index contributed by atoms with van der Waals surface area (Å²) in [5.74, 6) is 0.349. The van der Waals surface area contributed by atoms with E-state index in [9.17, 15) is 24.8 Å². The van der Waals surface area contributed by atoms with Gasteiger partial charge in [-0.15, -0.1) is 6.58 Å². The molecule has 3 heterocycles. The molecule has 3 unspecified atom stereocenters. The molecule has 0 amide bonds. The van der Waals surface area contributed by atoms with Crippen molar-refractivity contribution >= 4 is 25.1 Å². The summed E-state index contributed by atoms with van der Waals surface area (Å²) < 4.78 is 39.3. The summed E-state index contributed by atoms with van der Waals surface area (Å²) in [5, 5.41) is 39.7. The maximum atomic E-state index is 14.4. The largest absolute Gasteiger partial charge is 0.464 e. The minimum absolute atomic E-state index is 0.0589. The molecule has 1 aromatic carbocycles. The molecule has 1 spiro atoms. The highest BCUT2D eigenvalue weighted by molar-refractivity contribution is 7.52. The van der Waals surface area contributed by atoms with Gasteiger partial charge in [-0.05, 0) is 42.5 Å². The van der Waals surface area contributed by atoms with E-state index < -0.39 is 49.3 Å². The number of fused-ring (bicyclic) bond motifs is 1. The number of nitrogen functional groups attached to an aromatic ring is 1. The molecule has 0 radical (unpaired) electrons. The standard InChI is InChI=1S/C33H43N6O8P/c1-5-22(12-10-11-21(3)4)18-44-31(42)24(6-2)38-48(43,45-23-13-8-7-9-14-23)46-27-17-32(27)28(40)29(41)33(19-34,47-32)26-16-15-25-30(35)36-20-37-39(25)26/h6-9,13-16,20-22,24,27-29,40-41H,2,5,10-12,17-18H2,1,3-4H3,(H,38,43)(H2,35,36,37)/t22?,24-,27?,28-,29+,32?,33-,48+/m0/s1. The molecule has 15 heteroatoms. The van der Waals surface area contributed by atoms with Crippen LogP contribution in [0.15, 0.2) is 61.4 Å². The van der Waals surface area contributed by atoms with Crippen molar-refractivity contribution in [3.63, 3.8) is 0 Å². The number of aliphatic hydroxyl groups excluding tert-OH is 2. The zero-order valence-electron chi connectivity index (χ0n) is 27.3. The van der Waals surface area contributed by atoms with Crippen LogP contribution in [0.3, 0.4) is 0 Å². The van der Waals surface area contributed by atoms with E-state index >= 15 is 0 Å². The monoisotopic (exact) mass is 682 g/mol. The average Bonchev–Trinajstić information content (AvgIpc) is 3.44. The second-order valence-corrected chi connectivity index (χ2v) is 14.4. The lowest BCUT2D eigenvalue weighted by Crippen LogP contribution is -2.41. The zero-order chi connectivity index (χ0) is 34.7. The number of rotatable bonds is 16. The van der Waals surface area contributed by atoms with Crippen LogP contribution < -0.4 is 15.3 Å². The number of aliphatic hydroxyl groups is 2. The Morgan fingerprint density at radius 1 is 1.27 bits per heavy atom. The van der Waals surface area contributed by atoms with E-state index in [2.05, 4.69) is 35.6 Å². The molecule has 1 aliphatic carbocycles. The van der Waals surface area contributed by atoms with Gasteiger partial charge in [0.1, 0.15) is 53.6 Å². The number of carbonyl (C=O) groups excluding carboxylic acids is 1. The quantitative estimate of drug-likeness (QED) is 0.0958. The molecule has 2 aromatic heterocycles. The highest BCUT2D eigenvalue weighted by Crippen LogP contribution is 2.62. The van der Waals surface area contributed by atoms with Crippen LogP contribution in [0.2, 0.25) is 0 Å². The first-order valence-electron chi connectivity index (χ1n) is 16.1. The molecule has 258 valence electrons. The van der Waals surface area contributed by atoms with E-state index in [0.29, 0.717) is 11.4 Å². The number of nitriles is 1. The van der Waals surface area contributed by atoms with E-state index in [1.807, 2.05) is 13.0 Å². The molecule has 2 fully saturated rings. The Morgan fingerprint density at radius 3 is 2.69 bits per heavy atom. The normalized spacial score (nSPS) is 27.3. The Hall–Kier alpha value is -3.83. The van der Waals surface area contributed by atoms with E-state index in [-0.39, 0.29) is 36.2 Å². The number of nitrogens with two attached hydrogens (primary N) is 1. The number of anilines is 1. The second-order valence-electron chi connectivity index (χ2n) is 12.7. The lowest BCUT2D eigenvalue weighted by molar-refractivity contribution is -0.146. The zero-order valence-corrected chi connectivity index (χ0v) is 28.2. The number of ether oxygens (including phenoxy) is 2. The molecule has 5 rings (SSSR count). The Kier molecular flexibility index (Phi) is 10.6. The van der Waals surface area contributed by atoms with Gasteiger partial charge in [0.2, 0.25) is 5.60 Å². The van der Waals surface area contributed by atoms with Gasteiger partial charge in [-0.25, -0.2) is 18.9 Å². The summed E-state index contributed by atoms with van der Waals surface area (Å²) in [5.41, 5.74) is 2.68. The number of para-hydroxylation sites is 1. The lowest BCUT2D eigenvalue weighted by atomic mass is 9.92. The van der Waals surface area contributed by atoms with Gasteiger partial charge in [0.25, 0.3) is 0 Å². The van der Waals surface area contributed by atoms with E-state index in [1.54, 1.807) is 36.4 Å². The molecule has 3 aromatic rings. The van der Waals surface area contributed by atoms with Gasteiger partial charge in [0.05, 0.1) is 12.3 Å². The summed E-state index contributed by atoms with van der Waals surface area (Å²) in [6, 6.07) is 12.0. The van der Waals surface area contributed by atoms with E-state index in [4.69, 9.17) is 24.3 Å². The first-order chi connectivity index (χ1) is 22.9. The predicted octanol–water partition coefficient (Wildman–Crippen LogP) is 4.04. The van der Waals surface area contributed by atoms with Crippen molar-refractivity contribution in [2.75, 3.05) is 12.3 Å². The molecule has 1 saturated heterocycles. The lowest BCUT2D eigenvalue weighted by Gasteiger charge is -2.25. The maximum absolute atomic E-state index is 14.4. The molecule has 8 atom stereocenters. The van der Waals surface area contributed by atoms with Crippen molar-refractivity contribution in [2.45, 2.75) is 88.4 Å². The molecule has 2 aliphatic rings. The Balaban J connectivity index is 1.35. The molecule has 14 nitrogen and oxygen atoms in total. The van der Waals surface area contributed by atoms with E-state index in [1.165, 1.54) is 23.0 Å².